The Morgan fingerprint density at radius 1 is 0.975 bits per heavy atom. The molecule has 1 unspecified atom stereocenters. The summed E-state index contributed by atoms with van der Waals surface area (Å²) >= 11 is 0. The number of amidine groups is 1. The number of hydrogen-bond donors (Lipinski definition) is 3. The quantitative estimate of drug-likeness (QED) is 0.143. The number of nitrogen functional groups attached to an aromatic ring is 1. The van der Waals surface area contributed by atoms with Gasteiger partial charge in [0.2, 0.25) is 10.0 Å². The van der Waals surface area contributed by atoms with Crippen molar-refractivity contribution >= 4 is 32.7 Å². The van der Waals surface area contributed by atoms with Crippen LogP contribution in [0, 0.1) is 5.41 Å². The first-order chi connectivity index (χ1) is 19.3. The van der Waals surface area contributed by atoms with Crippen LogP contribution in [0.15, 0.2) is 102 Å². The number of ether oxygens (including phenoxy) is 1. The highest BCUT2D eigenvalue weighted by atomic mass is 32.2. The zero-order valence-electron chi connectivity index (χ0n) is 21.5. The van der Waals surface area contributed by atoms with Gasteiger partial charge in [0.15, 0.2) is 5.82 Å². The number of nitrogens with one attached hydrogen (secondary N) is 2. The van der Waals surface area contributed by atoms with Gasteiger partial charge in [0.25, 0.3) is 0 Å². The number of para-hydroxylation sites is 1. The Kier molecular flexibility index (Phi) is 7.41. The van der Waals surface area contributed by atoms with Gasteiger partial charge in [-0.1, -0.05) is 60.7 Å². The molecule has 0 fully saturated rings. The number of benzene rings is 3. The summed E-state index contributed by atoms with van der Waals surface area (Å²) in [7, 11) is -2.75. The molecule has 2 aromatic heterocycles. The first kappa shape index (κ1) is 26.7. The van der Waals surface area contributed by atoms with E-state index in [1.54, 1.807) is 30.3 Å². The molecular weight excluding hydrogens is 528 g/mol. The summed E-state index contributed by atoms with van der Waals surface area (Å²) in [5.41, 5.74) is 9.19. The zero-order chi connectivity index (χ0) is 28.3. The lowest BCUT2D eigenvalue weighted by atomic mass is 10.1. The molecule has 3 aromatic carbocycles. The Morgan fingerprint density at radius 2 is 1.68 bits per heavy atom. The van der Waals surface area contributed by atoms with Crippen molar-refractivity contribution in [1.29, 1.82) is 5.41 Å². The molecule has 0 aliphatic heterocycles. The van der Waals surface area contributed by atoms with E-state index in [9.17, 15) is 13.2 Å². The Morgan fingerprint density at radius 3 is 2.33 bits per heavy atom. The molecular formula is C29H26N6O4S. The van der Waals surface area contributed by atoms with Gasteiger partial charge in [-0.05, 0) is 35.9 Å². The molecule has 2 heterocycles. The number of nitrogens with zero attached hydrogens (tertiary/aromatic N) is 3. The topological polar surface area (TPSA) is 153 Å². The number of fused-ring (bicyclic) bond motifs is 1. The molecule has 11 heteroatoms. The van der Waals surface area contributed by atoms with E-state index < -0.39 is 22.0 Å². The molecule has 40 heavy (non-hydrogen) atoms. The normalized spacial score (nSPS) is 12.2. The number of carbonyl (C=O) groups excluding carboxylic acids is 1. The number of hydrogen-bond acceptors (Lipinski definition) is 7. The van der Waals surface area contributed by atoms with Gasteiger partial charge in [-0.2, -0.15) is 4.72 Å². The lowest BCUT2D eigenvalue weighted by Gasteiger charge is -2.16. The summed E-state index contributed by atoms with van der Waals surface area (Å²) in [5, 5.41) is 17.2. The van der Waals surface area contributed by atoms with Crippen molar-refractivity contribution < 1.29 is 17.9 Å². The Balaban J connectivity index is 1.46. The fourth-order valence-corrected chi connectivity index (χ4v) is 5.63. The van der Waals surface area contributed by atoms with Crippen LogP contribution in [0.1, 0.15) is 11.1 Å². The molecule has 202 valence electrons. The molecule has 5 aromatic rings. The first-order valence-corrected chi connectivity index (χ1v) is 13.8. The SMILES string of the molecule is COC(=O)C(Cc1cn(-c2ccc(-c3ccc(C(=N)N)cc3)nn2)c2ccccc12)NS(=O)(=O)c1ccccc1. The maximum Gasteiger partial charge on any atom is 0.324 e. The second-order valence-electron chi connectivity index (χ2n) is 9.02. The summed E-state index contributed by atoms with van der Waals surface area (Å²) in [4.78, 5) is 12.7. The van der Waals surface area contributed by atoms with E-state index >= 15 is 0 Å². The van der Waals surface area contributed by atoms with E-state index in [1.165, 1.54) is 19.2 Å². The van der Waals surface area contributed by atoms with E-state index in [-0.39, 0.29) is 17.2 Å². The van der Waals surface area contributed by atoms with Gasteiger partial charge in [-0.15, -0.1) is 10.2 Å². The van der Waals surface area contributed by atoms with Crippen LogP contribution >= 0.6 is 0 Å². The first-order valence-electron chi connectivity index (χ1n) is 12.3. The van der Waals surface area contributed by atoms with Gasteiger partial charge >= 0.3 is 5.97 Å². The van der Waals surface area contributed by atoms with Crippen LogP contribution in [0.2, 0.25) is 0 Å². The second-order valence-corrected chi connectivity index (χ2v) is 10.7. The molecule has 0 aliphatic rings. The molecule has 0 saturated carbocycles. The smallest absolute Gasteiger partial charge is 0.324 e. The molecule has 0 aliphatic carbocycles. The monoisotopic (exact) mass is 554 g/mol. The third kappa shape index (κ3) is 5.46. The van der Waals surface area contributed by atoms with Crippen molar-refractivity contribution in [2.24, 2.45) is 5.73 Å². The maximum absolute atomic E-state index is 13.0. The molecule has 10 nitrogen and oxygen atoms in total. The van der Waals surface area contributed by atoms with Crippen molar-refractivity contribution in [3.05, 3.63) is 108 Å². The van der Waals surface area contributed by atoms with Gasteiger partial charge < -0.3 is 10.5 Å². The summed E-state index contributed by atoms with van der Waals surface area (Å²) in [6.45, 7) is 0. The molecule has 4 N–H and O–H groups in total. The molecule has 0 bridgehead atoms. The summed E-state index contributed by atoms with van der Waals surface area (Å²) in [5.74, 6) is -0.159. The predicted octanol–water partition coefficient (Wildman–Crippen LogP) is 3.43. The van der Waals surface area contributed by atoms with Gasteiger partial charge in [0, 0.05) is 29.1 Å². The third-order valence-corrected chi connectivity index (χ3v) is 7.93. The Bertz CT molecular complexity index is 1780. The second kappa shape index (κ2) is 11.1. The summed E-state index contributed by atoms with van der Waals surface area (Å²) in [6, 6.07) is 25.1. The third-order valence-electron chi connectivity index (χ3n) is 6.44. The minimum Gasteiger partial charge on any atom is -0.468 e. The average Bonchev–Trinajstić information content (AvgIpc) is 3.35. The lowest BCUT2D eigenvalue weighted by molar-refractivity contribution is -0.142. The predicted molar refractivity (Wildman–Crippen MR) is 152 cm³/mol. The van der Waals surface area contributed by atoms with Crippen LogP contribution in [0.3, 0.4) is 0 Å². The maximum atomic E-state index is 13.0. The Hall–Kier alpha value is -4.87. The Labute approximate surface area is 231 Å². The molecule has 0 spiro atoms. The molecule has 0 saturated heterocycles. The van der Waals surface area contributed by atoms with E-state index in [2.05, 4.69) is 14.9 Å². The van der Waals surface area contributed by atoms with E-state index in [0.717, 1.165) is 22.0 Å². The largest absolute Gasteiger partial charge is 0.468 e. The fourth-order valence-electron chi connectivity index (χ4n) is 4.42. The van der Waals surface area contributed by atoms with Crippen LogP contribution in [0.25, 0.3) is 28.0 Å². The molecule has 0 amide bonds. The number of sulfonamides is 1. The number of esters is 1. The molecule has 5 rings (SSSR count). The highest BCUT2D eigenvalue weighted by Crippen LogP contribution is 2.26. The standard InChI is InChI=1S/C29H26N6O4S/c1-39-29(36)25(34-40(37,38)22-7-3-2-4-8-22)17-21-18-35(26-10-6-5-9-23(21)26)27-16-15-24(32-33-27)19-11-13-20(14-12-19)28(30)31/h2-16,18,25,34H,17H2,1H3,(H3,30,31). The van der Waals surface area contributed by atoms with Gasteiger partial charge in [-0.25, -0.2) is 8.42 Å². The minimum atomic E-state index is -3.97. The lowest BCUT2D eigenvalue weighted by Crippen LogP contribution is -2.42. The van der Waals surface area contributed by atoms with E-state index in [4.69, 9.17) is 15.9 Å². The average molecular weight is 555 g/mol. The summed E-state index contributed by atoms with van der Waals surface area (Å²) < 4.78 is 35.2. The highest BCUT2D eigenvalue weighted by Gasteiger charge is 2.28. The van der Waals surface area contributed by atoms with E-state index in [1.807, 2.05) is 59.3 Å². The van der Waals surface area contributed by atoms with Crippen molar-refractivity contribution in [3.8, 4) is 17.1 Å². The van der Waals surface area contributed by atoms with Crippen LogP contribution in [-0.4, -0.2) is 48.1 Å². The van der Waals surface area contributed by atoms with Gasteiger partial charge in [0.1, 0.15) is 11.9 Å². The van der Waals surface area contributed by atoms with Crippen LogP contribution in [0.5, 0.6) is 0 Å². The molecule has 0 radical (unpaired) electrons. The number of rotatable bonds is 9. The molecule has 1 atom stereocenters. The van der Waals surface area contributed by atoms with Crippen molar-refractivity contribution in [2.45, 2.75) is 17.4 Å². The van der Waals surface area contributed by atoms with Gasteiger partial charge in [-0.3, -0.25) is 14.8 Å². The van der Waals surface area contributed by atoms with Gasteiger partial charge in [0.05, 0.1) is 23.2 Å². The highest BCUT2D eigenvalue weighted by molar-refractivity contribution is 7.89. The van der Waals surface area contributed by atoms with Crippen molar-refractivity contribution in [1.82, 2.24) is 19.5 Å². The van der Waals surface area contributed by atoms with Crippen LogP contribution in [0.4, 0.5) is 0 Å². The summed E-state index contributed by atoms with van der Waals surface area (Å²) in [6.07, 6.45) is 1.88. The number of carbonyl (C=O) groups is 1. The van der Waals surface area contributed by atoms with E-state index in [0.29, 0.717) is 17.1 Å². The van der Waals surface area contributed by atoms with Crippen LogP contribution in [-0.2, 0) is 26.0 Å². The van der Waals surface area contributed by atoms with Crippen molar-refractivity contribution in [2.75, 3.05) is 7.11 Å². The zero-order valence-corrected chi connectivity index (χ0v) is 22.3. The number of methoxy groups -OCH3 is 1. The minimum absolute atomic E-state index is 0.00873. The number of aromatic nitrogens is 3. The van der Waals surface area contributed by atoms with Crippen LogP contribution < -0.4 is 10.5 Å². The fraction of sp³-hybridized carbons (Fsp3) is 0.103. The van der Waals surface area contributed by atoms with Crippen molar-refractivity contribution in [3.63, 3.8) is 0 Å². The number of nitrogens with two attached hydrogens (primary N) is 1.